The molecule has 0 saturated heterocycles. The Bertz CT molecular complexity index is 468. The molecule has 3 unspecified atom stereocenters. The number of hydrogen-bond donors (Lipinski definition) is 0. The van der Waals surface area contributed by atoms with Crippen LogP contribution in [0.5, 0.6) is 5.75 Å². The lowest BCUT2D eigenvalue weighted by Crippen LogP contribution is -2.21. The summed E-state index contributed by atoms with van der Waals surface area (Å²) in [6, 6.07) is 7.88. The minimum absolute atomic E-state index is 0.00850. The van der Waals surface area contributed by atoms with Gasteiger partial charge in [-0.15, -0.1) is 0 Å². The summed E-state index contributed by atoms with van der Waals surface area (Å²) in [6.45, 7) is 5.00. The van der Waals surface area contributed by atoms with Gasteiger partial charge in [0.1, 0.15) is 5.75 Å². The molecule has 1 fully saturated rings. The maximum absolute atomic E-state index is 12.0. The van der Waals surface area contributed by atoms with Gasteiger partial charge in [0.05, 0.1) is 32.3 Å². The van der Waals surface area contributed by atoms with Gasteiger partial charge in [-0.2, -0.15) is 0 Å². The van der Waals surface area contributed by atoms with Crippen molar-refractivity contribution in [3.05, 3.63) is 29.8 Å². The molecule has 2 rings (SSSR count). The zero-order valence-corrected chi connectivity index (χ0v) is 13.7. The van der Waals surface area contributed by atoms with Gasteiger partial charge in [-0.3, -0.25) is 4.79 Å². The van der Waals surface area contributed by atoms with Gasteiger partial charge in [0.25, 0.3) is 0 Å². The van der Waals surface area contributed by atoms with E-state index in [4.69, 9.17) is 14.2 Å². The second-order valence-electron chi connectivity index (χ2n) is 5.78. The monoisotopic (exact) mass is 306 g/mol. The molecule has 4 heteroatoms. The normalized spacial score (nSPS) is 24.2. The molecule has 0 N–H and O–H groups in total. The first-order valence-corrected chi connectivity index (χ1v) is 8.09. The number of benzene rings is 1. The van der Waals surface area contributed by atoms with Crippen LogP contribution in [-0.2, 0) is 20.9 Å². The highest BCUT2D eigenvalue weighted by Crippen LogP contribution is 2.37. The van der Waals surface area contributed by atoms with E-state index >= 15 is 0 Å². The van der Waals surface area contributed by atoms with E-state index in [2.05, 4.69) is 6.92 Å². The highest BCUT2D eigenvalue weighted by atomic mass is 16.5. The smallest absolute Gasteiger partial charge is 0.309 e. The van der Waals surface area contributed by atoms with Crippen molar-refractivity contribution in [1.29, 1.82) is 0 Å². The molecular formula is C18H26O4. The minimum Gasteiger partial charge on any atom is -0.497 e. The summed E-state index contributed by atoms with van der Waals surface area (Å²) in [5.41, 5.74) is 1.12. The average Bonchev–Trinajstić information content (AvgIpc) is 2.97. The summed E-state index contributed by atoms with van der Waals surface area (Å²) in [7, 11) is 1.66. The third-order valence-electron chi connectivity index (χ3n) is 4.41. The highest BCUT2D eigenvalue weighted by molar-refractivity contribution is 5.73. The zero-order chi connectivity index (χ0) is 15.9. The molecule has 122 valence electrons. The number of methoxy groups -OCH3 is 1. The number of hydrogen-bond acceptors (Lipinski definition) is 4. The van der Waals surface area contributed by atoms with Gasteiger partial charge in [-0.1, -0.05) is 25.5 Å². The highest BCUT2D eigenvalue weighted by Gasteiger charge is 2.39. The molecule has 4 nitrogen and oxygen atoms in total. The number of esters is 1. The summed E-state index contributed by atoms with van der Waals surface area (Å²) >= 11 is 0. The number of rotatable bonds is 7. The molecule has 22 heavy (non-hydrogen) atoms. The van der Waals surface area contributed by atoms with Crippen LogP contribution in [0.4, 0.5) is 0 Å². The number of ether oxygens (including phenoxy) is 3. The number of carbonyl (C=O) groups is 1. The molecule has 1 aliphatic rings. The summed E-state index contributed by atoms with van der Waals surface area (Å²) in [5, 5.41) is 0. The van der Waals surface area contributed by atoms with Crippen LogP contribution in [0.2, 0.25) is 0 Å². The van der Waals surface area contributed by atoms with Crippen molar-refractivity contribution in [2.24, 2.45) is 11.8 Å². The van der Waals surface area contributed by atoms with Crippen molar-refractivity contribution in [1.82, 2.24) is 0 Å². The summed E-state index contributed by atoms with van der Waals surface area (Å²) in [4.78, 5) is 12.0. The Morgan fingerprint density at radius 3 is 2.50 bits per heavy atom. The van der Waals surface area contributed by atoms with E-state index in [-0.39, 0.29) is 18.0 Å². The Morgan fingerprint density at radius 2 is 1.91 bits per heavy atom. The maximum atomic E-state index is 12.0. The SMILES string of the molecule is CCOC(=O)C1CC(OCc2ccc(OC)cc2)CC1CC. The molecule has 1 saturated carbocycles. The molecule has 1 aromatic rings. The molecule has 0 radical (unpaired) electrons. The molecule has 0 amide bonds. The van der Waals surface area contributed by atoms with Crippen molar-refractivity contribution in [2.75, 3.05) is 13.7 Å². The van der Waals surface area contributed by atoms with Gasteiger partial charge in [0.2, 0.25) is 0 Å². The van der Waals surface area contributed by atoms with Gasteiger partial charge < -0.3 is 14.2 Å². The second kappa shape index (κ2) is 8.18. The lowest BCUT2D eigenvalue weighted by Gasteiger charge is -2.15. The quantitative estimate of drug-likeness (QED) is 0.722. The van der Waals surface area contributed by atoms with Crippen LogP contribution in [0.25, 0.3) is 0 Å². The van der Waals surface area contributed by atoms with Gasteiger partial charge in [-0.25, -0.2) is 0 Å². The van der Waals surface area contributed by atoms with Crippen LogP contribution < -0.4 is 4.74 Å². The topological polar surface area (TPSA) is 44.8 Å². The first kappa shape index (κ1) is 16.8. The Hall–Kier alpha value is -1.55. The summed E-state index contributed by atoms with van der Waals surface area (Å²) in [5.74, 6) is 1.15. The van der Waals surface area contributed by atoms with Crippen molar-refractivity contribution in [2.45, 2.75) is 45.8 Å². The van der Waals surface area contributed by atoms with Crippen molar-refractivity contribution in [3.63, 3.8) is 0 Å². The fraction of sp³-hybridized carbons (Fsp3) is 0.611. The largest absolute Gasteiger partial charge is 0.497 e. The molecule has 0 bridgehead atoms. The lowest BCUT2D eigenvalue weighted by atomic mass is 9.94. The predicted octanol–water partition coefficient (Wildman–Crippen LogP) is 3.58. The van der Waals surface area contributed by atoms with Crippen LogP contribution >= 0.6 is 0 Å². The molecule has 3 atom stereocenters. The fourth-order valence-corrected chi connectivity index (χ4v) is 3.13. The zero-order valence-electron chi connectivity index (χ0n) is 13.7. The minimum atomic E-state index is -0.0649. The van der Waals surface area contributed by atoms with Crippen LogP contribution in [-0.4, -0.2) is 25.8 Å². The van der Waals surface area contributed by atoms with E-state index in [1.807, 2.05) is 31.2 Å². The molecule has 0 heterocycles. The van der Waals surface area contributed by atoms with E-state index in [0.717, 1.165) is 30.6 Å². The Kier molecular flexibility index (Phi) is 6.25. The molecule has 0 spiro atoms. The summed E-state index contributed by atoms with van der Waals surface area (Å²) < 4.78 is 16.3. The molecule has 0 aliphatic heterocycles. The third kappa shape index (κ3) is 4.23. The van der Waals surface area contributed by atoms with Gasteiger partial charge in [0.15, 0.2) is 0 Å². The Labute approximate surface area is 132 Å². The first-order valence-electron chi connectivity index (χ1n) is 8.09. The van der Waals surface area contributed by atoms with E-state index < -0.39 is 0 Å². The van der Waals surface area contributed by atoms with Crippen molar-refractivity contribution >= 4 is 5.97 Å². The predicted molar refractivity (Wildman–Crippen MR) is 84.7 cm³/mol. The molecule has 1 aromatic carbocycles. The Morgan fingerprint density at radius 1 is 1.18 bits per heavy atom. The standard InChI is InChI=1S/C18H26O4/c1-4-14-10-16(11-17(14)18(19)21-5-2)22-12-13-6-8-15(20-3)9-7-13/h6-9,14,16-17H,4-5,10-12H2,1-3H3. The fourth-order valence-electron chi connectivity index (χ4n) is 3.13. The lowest BCUT2D eigenvalue weighted by molar-refractivity contribution is -0.149. The summed E-state index contributed by atoms with van der Waals surface area (Å²) in [6.07, 6.45) is 2.84. The van der Waals surface area contributed by atoms with E-state index in [1.165, 1.54) is 0 Å². The van der Waals surface area contributed by atoms with Gasteiger partial charge in [0, 0.05) is 0 Å². The first-order chi connectivity index (χ1) is 10.7. The molecule has 0 aromatic heterocycles. The third-order valence-corrected chi connectivity index (χ3v) is 4.41. The van der Waals surface area contributed by atoms with Crippen molar-refractivity contribution in [3.8, 4) is 5.75 Å². The van der Waals surface area contributed by atoms with E-state index in [1.54, 1.807) is 7.11 Å². The maximum Gasteiger partial charge on any atom is 0.309 e. The molecular weight excluding hydrogens is 280 g/mol. The average molecular weight is 306 g/mol. The number of carbonyl (C=O) groups excluding carboxylic acids is 1. The second-order valence-corrected chi connectivity index (χ2v) is 5.78. The van der Waals surface area contributed by atoms with E-state index in [0.29, 0.717) is 19.1 Å². The van der Waals surface area contributed by atoms with Crippen LogP contribution in [0.3, 0.4) is 0 Å². The van der Waals surface area contributed by atoms with Gasteiger partial charge >= 0.3 is 5.97 Å². The van der Waals surface area contributed by atoms with Crippen LogP contribution in [0.15, 0.2) is 24.3 Å². The van der Waals surface area contributed by atoms with Gasteiger partial charge in [-0.05, 0) is 43.4 Å². The van der Waals surface area contributed by atoms with E-state index in [9.17, 15) is 4.79 Å². The van der Waals surface area contributed by atoms with Crippen LogP contribution in [0.1, 0.15) is 38.7 Å². The molecule has 1 aliphatic carbocycles. The van der Waals surface area contributed by atoms with Crippen molar-refractivity contribution < 1.29 is 19.0 Å². The van der Waals surface area contributed by atoms with Crippen LogP contribution in [0, 0.1) is 11.8 Å². The Balaban J connectivity index is 1.86.